The summed E-state index contributed by atoms with van der Waals surface area (Å²) in [6.07, 6.45) is 2.50. The molecule has 0 amide bonds. The molecule has 1 heterocycles. The topological polar surface area (TPSA) is 12.4 Å². The Labute approximate surface area is 64.4 Å². The maximum Gasteiger partial charge on any atom is 0.125 e. The van der Waals surface area contributed by atoms with Gasteiger partial charge in [-0.3, -0.25) is 4.99 Å². The Balaban J connectivity index is 2.74. The summed E-state index contributed by atoms with van der Waals surface area (Å²) in [5, 5.41) is 1.31. The van der Waals surface area contributed by atoms with Crippen LogP contribution in [-0.2, 0) is 0 Å². The molecule has 0 spiro atoms. The van der Waals surface area contributed by atoms with Crippen molar-refractivity contribution in [1.82, 2.24) is 0 Å². The third-order valence-corrected chi connectivity index (χ3v) is 1.58. The van der Waals surface area contributed by atoms with Crippen LogP contribution >= 0.6 is 23.2 Å². The number of nitrogens with zero attached hydrogens (tertiary/aromatic N) is 1. The fourth-order valence-electron chi connectivity index (χ4n) is 0.764. The van der Waals surface area contributed by atoms with Crippen molar-refractivity contribution in [2.45, 2.75) is 19.4 Å². The maximum atomic E-state index is 5.70. The lowest BCUT2D eigenvalue weighted by Crippen LogP contribution is -2.05. The summed E-state index contributed by atoms with van der Waals surface area (Å²) in [5.41, 5.74) is 0. The highest BCUT2D eigenvalue weighted by atomic mass is 35.5. The first-order chi connectivity index (χ1) is 4.18. The molecular formula is C6H7Cl2N. The third kappa shape index (κ3) is 1.99. The van der Waals surface area contributed by atoms with Crippen LogP contribution in [-0.4, -0.2) is 11.2 Å². The van der Waals surface area contributed by atoms with E-state index in [2.05, 4.69) is 4.99 Å². The minimum absolute atomic E-state index is 0.245. The Morgan fingerprint density at radius 2 is 2.33 bits per heavy atom. The second-order valence-corrected chi connectivity index (χ2v) is 2.97. The number of dihydropyridines is 1. The summed E-state index contributed by atoms with van der Waals surface area (Å²) in [6.45, 7) is 1.98. The first-order valence-corrected chi connectivity index (χ1v) is 3.53. The molecule has 0 aliphatic carbocycles. The van der Waals surface area contributed by atoms with E-state index >= 15 is 0 Å². The first kappa shape index (κ1) is 7.10. The Hall–Kier alpha value is -0.0100. The molecule has 0 bridgehead atoms. The van der Waals surface area contributed by atoms with Crippen LogP contribution in [0.1, 0.15) is 13.3 Å². The molecule has 1 atom stereocenters. The van der Waals surface area contributed by atoms with Crippen LogP contribution in [0.2, 0.25) is 0 Å². The lowest BCUT2D eigenvalue weighted by atomic mass is 10.2. The molecule has 0 radical (unpaired) electrons. The average molecular weight is 164 g/mol. The predicted octanol–water partition coefficient (Wildman–Crippen LogP) is 2.54. The third-order valence-electron chi connectivity index (χ3n) is 1.11. The molecular weight excluding hydrogens is 157 g/mol. The standard InChI is InChI=1S/C6H7Cl2N/c1-4-2-5(7)3-6(8)9-4/h3-4H,2H2,1H3. The van der Waals surface area contributed by atoms with Crippen LogP contribution in [0, 0.1) is 0 Å². The van der Waals surface area contributed by atoms with Gasteiger partial charge in [0.2, 0.25) is 0 Å². The van der Waals surface area contributed by atoms with Crippen LogP contribution in [0.5, 0.6) is 0 Å². The van der Waals surface area contributed by atoms with Crippen LogP contribution in [0.15, 0.2) is 16.1 Å². The molecule has 0 aromatic carbocycles. The monoisotopic (exact) mass is 163 g/mol. The van der Waals surface area contributed by atoms with Gasteiger partial charge in [0, 0.05) is 11.5 Å². The van der Waals surface area contributed by atoms with Gasteiger partial charge in [-0.15, -0.1) is 0 Å². The molecule has 0 aromatic rings. The van der Waals surface area contributed by atoms with Gasteiger partial charge in [0.25, 0.3) is 0 Å². The molecule has 0 saturated carbocycles. The molecule has 0 N–H and O–H groups in total. The molecule has 0 fully saturated rings. The SMILES string of the molecule is CC1CC(Cl)=CC(Cl)=N1. The van der Waals surface area contributed by atoms with Gasteiger partial charge in [0.15, 0.2) is 0 Å². The van der Waals surface area contributed by atoms with E-state index in [4.69, 9.17) is 23.2 Å². The Morgan fingerprint density at radius 1 is 1.67 bits per heavy atom. The van der Waals surface area contributed by atoms with Crippen molar-refractivity contribution < 1.29 is 0 Å². The summed E-state index contributed by atoms with van der Waals surface area (Å²) < 4.78 is 0. The van der Waals surface area contributed by atoms with Crippen molar-refractivity contribution in [2.75, 3.05) is 0 Å². The smallest absolute Gasteiger partial charge is 0.125 e. The van der Waals surface area contributed by atoms with E-state index in [9.17, 15) is 0 Å². The van der Waals surface area contributed by atoms with Crippen molar-refractivity contribution in [1.29, 1.82) is 0 Å². The fourth-order valence-corrected chi connectivity index (χ4v) is 1.44. The van der Waals surface area contributed by atoms with Gasteiger partial charge in [-0.05, 0) is 13.0 Å². The molecule has 9 heavy (non-hydrogen) atoms. The summed E-state index contributed by atoms with van der Waals surface area (Å²) in [5.74, 6) is 0. The van der Waals surface area contributed by atoms with Crippen molar-refractivity contribution in [3.63, 3.8) is 0 Å². The van der Waals surface area contributed by atoms with Gasteiger partial charge < -0.3 is 0 Å². The summed E-state index contributed by atoms with van der Waals surface area (Å²) in [4.78, 5) is 4.05. The zero-order valence-corrected chi connectivity index (χ0v) is 6.58. The van der Waals surface area contributed by atoms with Crippen molar-refractivity contribution in [2.24, 2.45) is 4.99 Å². The Kier molecular flexibility index (Phi) is 2.14. The van der Waals surface area contributed by atoms with Crippen LogP contribution < -0.4 is 0 Å². The predicted molar refractivity (Wildman–Crippen MR) is 41.3 cm³/mol. The molecule has 1 aliphatic heterocycles. The highest BCUT2D eigenvalue weighted by Gasteiger charge is 2.08. The second kappa shape index (κ2) is 2.72. The molecule has 0 aromatic heterocycles. The van der Waals surface area contributed by atoms with Gasteiger partial charge in [0.05, 0.1) is 6.04 Å². The van der Waals surface area contributed by atoms with E-state index in [1.807, 2.05) is 6.92 Å². The summed E-state index contributed by atoms with van der Waals surface area (Å²) in [7, 11) is 0. The van der Waals surface area contributed by atoms with Gasteiger partial charge in [-0.25, -0.2) is 0 Å². The van der Waals surface area contributed by atoms with Gasteiger partial charge in [0.1, 0.15) is 5.17 Å². The molecule has 1 rings (SSSR count). The number of rotatable bonds is 0. The van der Waals surface area contributed by atoms with E-state index in [-0.39, 0.29) is 6.04 Å². The highest BCUT2D eigenvalue weighted by Crippen LogP contribution is 2.18. The van der Waals surface area contributed by atoms with Gasteiger partial charge in [-0.2, -0.15) is 0 Å². The van der Waals surface area contributed by atoms with Crippen molar-refractivity contribution in [3.05, 3.63) is 11.1 Å². The van der Waals surface area contributed by atoms with E-state index in [1.165, 1.54) is 0 Å². The van der Waals surface area contributed by atoms with Crippen molar-refractivity contribution in [3.8, 4) is 0 Å². The van der Waals surface area contributed by atoms with Crippen molar-refractivity contribution >= 4 is 28.4 Å². The number of hydrogen-bond donors (Lipinski definition) is 0. The van der Waals surface area contributed by atoms with Crippen LogP contribution in [0.3, 0.4) is 0 Å². The van der Waals surface area contributed by atoms with E-state index < -0.39 is 0 Å². The van der Waals surface area contributed by atoms with Gasteiger partial charge in [-0.1, -0.05) is 23.2 Å². The molecule has 1 unspecified atom stereocenters. The molecule has 1 nitrogen and oxygen atoms in total. The van der Waals surface area contributed by atoms with E-state index in [0.29, 0.717) is 5.17 Å². The molecule has 0 saturated heterocycles. The Morgan fingerprint density at radius 3 is 2.78 bits per heavy atom. The summed E-state index contributed by atoms with van der Waals surface area (Å²) >= 11 is 11.3. The lowest BCUT2D eigenvalue weighted by molar-refractivity contribution is 0.747. The zero-order valence-electron chi connectivity index (χ0n) is 5.06. The molecule has 3 heteroatoms. The molecule has 1 aliphatic rings. The summed E-state index contributed by atoms with van der Waals surface area (Å²) in [6, 6.07) is 0.245. The maximum absolute atomic E-state index is 5.70. The first-order valence-electron chi connectivity index (χ1n) is 2.78. The largest absolute Gasteiger partial charge is 0.270 e. The van der Waals surface area contributed by atoms with E-state index in [0.717, 1.165) is 11.5 Å². The highest BCUT2D eigenvalue weighted by molar-refractivity contribution is 6.69. The van der Waals surface area contributed by atoms with E-state index in [1.54, 1.807) is 6.08 Å². The number of hydrogen-bond acceptors (Lipinski definition) is 1. The van der Waals surface area contributed by atoms with Crippen LogP contribution in [0.4, 0.5) is 0 Å². The number of allylic oxidation sites excluding steroid dienone is 1. The normalized spacial score (nSPS) is 27.2. The second-order valence-electron chi connectivity index (χ2n) is 2.10. The number of aliphatic imine (C=N–C) groups is 1. The number of halogens is 2. The lowest BCUT2D eigenvalue weighted by Gasteiger charge is -2.09. The van der Waals surface area contributed by atoms with Crippen LogP contribution in [0.25, 0.3) is 0 Å². The quantitative estimate of drug-likeness (QED) is 0.521. The fraction of sp³-hybridized carbons (Fsp3) is 0.500. The zero-order chi connectivity index (χ0) is 6.85. The van der Waals surface area contributed by atoms with Gasteiger partial charge >= 0.3 is 0 Å². The minimum Gasteiger partial charge on any atom is -0.270 e. The molecule has 50 valence electrons. The minimum atomic E-state index is 0.245. The Bertz CT molecular complexity index is 172. The average Bonchev–Trinajstić information content (AvgIpc) is 1.59.